The second-order valence-corrected chi connectivity index (χ2v) is 10.2. The molecule has 5 saturated carbocycles. The first-order valence-electron chi connectivity index (χ1n) is 11.7. The Balaban J connectivity index is 1.05. The van der Waals surface area contributed by atoms with E-state index in [-0.39, 0.29) is 29.7 Å². The standard InChI is InChI=1S/C24H32N4O3/c29-21(26-18-1-3-19(4-2-18)27-23(31)28-20-5-6-20)7-8-25-22(30)24-12-15-9-16(13-24)11-17(10-15)14-24/h1-4,15-17,20H,5-14H2,(H,25,30)(H,26,29)(H2,27,28,31). The van der Waals surface area contributed by atoms with E-state index in [9.17, 15) is 14.4 Å². The summed E-state index contributed by atoms with van der Waals surface area (Å²) in [6.07, 6.45) is 9.39. The molecule has 4 N–H and O–H groups in total. The zero-order valence-corrected chi connectivity index (χ0v) is 17.9. The molecule has 0 heterocycles. The number of carbonyl (C=O) groups excluding carboxylic acids is 3. The molecule has 4 amide bonds. The van der Waals surface area contributed by atoms with Gasteiger partial charge in [0.15, 0.2) is 0 Å². The fraction of sp³-hybridized carbons (Fsp3) is 0.625. The van der Waals surface area contributed by atoms with E-state index in [0.717, 1.165) is 49.9 Å². The lowest BCUT2D eigenvalue weighted by Crippen LogP contribution is -2.53. The number of urea groups is 1. The van der Waals surface area contributed by atoms with E-state index < -0.39 is 0 Å². The first-order chi connectivity index (χ1) is 15.0. The summed E-state index contributed by atoms with van der Waals surface area (Å²) in [5, 5.41) is 11.6. The van der Waals surface area contributed by atoms with E-state index in [2.05, 4.69) is 21.3 Å². The van der Waals surface area contributed by atoms with E-state index in [1.807, 2.05) is 0 Å². The monoisotopic (exact) mass is 424 g/mol. The highest BCUT2D eigenvalue weighted by atomic mass is 16.2. The number of hydrogen-bond donors (Lipinski definition) is 4. The summed E-state index contributed by atoms with van der Waals surface area (Å²) in [6.45, 7) is 0.368. The molecule has 0 radical (unpaired) electrons. The highest BCUT2D eigenvalue weighted by Gasteiger charge is 2.54. The Bertz CT molecular complexity index is 827. The van der Waals surface area contributed by atoms with Gasteiger partial charge >= 0.3 is 6.03 Å². The zero-order valence-electron chi connectivity index (χ0n) is 17.9. The molecule has 0 unspecified atom stereocenters. The molecule has 4 bridgehead atoms. The van der Waals surface area contributed by atoms with Gasteiger partial charge in [-0.15, -0.1) is 0 Å². The van der Waals surface area contributed by atoms with Crippen LogP contribution in [0, 0.1) is 23.2 Å². The van der Waals surface area contributed by atoms with E-state index >= 15 is 0 Å². The number of anilines is 2. The molecule has 0 atom stereocenters. The van der Waals surface area contributed by atoms with Crippen molar-refractivity contribution >= 4 is 29.2 Å². The number of hydrogen-bond acceptors (Lipinski definition) is 3. The van der Waals surface area contributed by atoms with Gasteiger partial charge in [-0.25, -0.2) is 4.79 Å². The van der Waals surface area contributed by atoms with Crippen molar-refractivity contribution in [3.63, 3.8) is 0 Å². The minimum atomic E-state index is -0.200. The Kier molecular flexibility index (Phi) is 5.36. The summed E-state index contributed by atoms with van der Waals surface area (Å²) < 4.78 is 0. The molecule has 0 aliphatic heterocycles. The normalized spacial score (nSPS) is 30.5. The topological polar surface area (TPSA) is 99.3 Å². The van der Waals surface area contributed by atoms with Crippen LogP contribution in [0.15, 0.2) is 24.3 Å². The molecular formula is C24H32N4O3. The third-order valence-electron chi connectivity index (χ3n) is 7.50. The van der Waals surface area contributed by atoms with Gasteiger partial charge in [0.05, 0.1) is 0 Å². The molecular weight excluding hydrogens is 392 g/mol. The van der Waals surface area contributed by atoms with E-state index in [0.29, 0.717) is 24.0 Å². The smallest absolute Gasteiger partial charge is 0.319 e. The largest absolute Gasteiger partial charge is 0.355 e. The maximum absolute atomic E-state index is 13.0. The summed E-state index contributed by atoms with van der Waals surface area (Å²) >= 11 is 0. The third-order valence-corrected chi connectivity index (χ3v) is 7.50. The Labute approximate surface area is 183 Å². The number of amides is 4. The summed E-state index contributed by atoms with van der Waals surface area (Å²) in [6, 6.07) is 7.15. The number of benzene rings is 1. The van der Waals surface area contributed by atoms with Gasteiger partial charge < -0.3 is 21.3 Å². The van der Waals surface area contributed by atoms with Gasteiger partial charge in [0.2, 0.25) is 11.8 Å². The van der Waals surface area contributed by atoms with Gasteiger partial charge in [-0.2, -0.15) is 0 Å². The van der Waals surface area contributed by atoms with Gasteiger partial charge in [0, 0.05) is 35.8 Å². The van der Waals surface area contributed by atoms with E-state index in [1.165, 1.54) is 19.3 Å². The van der Waals surface area contributed by atoms with Gasteiger partial charge in [-0.3, -0.25) is 9.59 Å². The van der Waals surface area contributed by atoms with Crippen LogP contribution < -0.4 is 21.3 Å². The van der Waals surface area contributed by atoms with Gasteiger partial charge in [0.1, 0.15) is 0 Å². The lowest BCUT2D eigenvalue weighted by molar-refractivity contribution is -0.146. The van der Waals surface area contributed by atoms with Crippen LogP contribution in [0.2, 0.25) is 0 Å². The minimum absolute atomic E-state index is 0.127. The first-order valence-corrected chi connectivity index (χ1v) is 11.7. The van der Waals surface area contributed by atoms with Crippen LogP contribution in [0.3, 0.4) is 0 Å². The molecule has 0 spiro atoms. The maximum atomic E-state index is 13.0. The fourth-order valence-corrected chi connectivity index (χ4v) is 6.31. The van der Waals surface area contributed by atoms with Gasteiger partial charge in [0.25, 0.3) is 0 Å². The second kappa shape index (κ2) is 8.17. The van der Waals surface area contributed by atoms with Crippen molar-refractivity contribution in [1.29, 1.82) is 0 Å². The Morgan fingerprint density at radius 1 is 0.839 bits per heavy atom. The molecule has 0 aromatic heterocycles. The maximum Gasteiger partial charge on any atom is 0.319 e. The molecule has 0 saturated heterocycles. The summed E-state index contributed by atoms with van der Waals surface area (Å²) in [4.78, 5) is 37.0. The molecule has 31 heavy (non-hydrogen) atoms. The number of nitrogens with one attached hydrogen (secondary N) is 4. The van der Waals surface area contributed by atoms with Crippen molar-refractivity contribution in [3.8, 4) is 0 Å². The second-order valence-electron chi connectivity index (χ2n) is 10.2. The summed E-state index contributed by atoms with van der Waals surface area (Å²) in [5.74, 6) is 2.24. The van der Waals surface area contributed by atoms with Crippen LogP contribution in [0.25, 0.3) is 0 Å². The highest BCUT2D eigenvalue weighted by molar-refractivity contribution is 5.93. The molecule has 1 aromatic rings. The van der Waals surface area contributed by atoms with E-state index in [4.69, 9.17) is 0 Å². The minimum Gasteiger partial charge on any atom is -0.355 e. The molecule has 5 aliphatic rings. The zero-order chi connectivity index (χ0) is 21.4. The third kappa shape index (κ3) is 4.70. The first kappa shape index (κ1) is 20.3. The lowest BCUT2D eigenvalue weighted by atomic mass is 9.49. The van der Waals surface area contributed by atoms with Crippen molar-refractivity contribution in [2.24, 2.45) is 23.2 Å². The molecule has 1 aromatic carbocycles. The molecule has 6 rings (SSSR count). The van der Waals surface area contributed by atoms with Crippen molar-refractivity contribution in [2.75, 3.05) is 17.2 Å². The summed E-state index contributed by atoms with van der Waals surface area (Å²) in [7, 11) is 0. The number of rotatable bonds is 7. The van der Waals surface area contributed by atoms with E-state index in [1.54, 1.807) is 24.3 Å². The number of carbonyl (C=O) groups is 3. The van der Waals surface area contributed by atoms with Crippen LogP contribution in [-0.4, -0.2) is 30.4 Å². The highest BCUT2D eigenvalue weighted by Crippen LogP contribution is 2.60. The van der Waals surface area contributed by atoms with Crippen molar-refractivity contribution in [2.45, 2.75) is 63.8 Å². The van der Waals surface area contributed by atoms with Crippen LogP contribution in [0.5, 0.6) is 0 Å². The SMILES string of the molecule is O=C(CCNC(=O)C12CC3CC(CC(C3)C1)C2)Nc1ccc(NC(=O)NC2CC2)cc1. The fourth-order valence-electron chi connectivity index (χ4n) is 6.31. The molecule has 166 valence electrons. The summed E-state index contributed by atoms with van der Waals surface area (Å²) in [5.41, 5.74) is 1.18. The van der Waals surface area contributed by atoms with Crippen molar-refractivity contribution < 1.29 is 14.4 Å². The lowest BCUT2D eigenvalue weighted by Gasteiger charge is -2.55. The molecule has 7 nitrogen and oxygen atoms in total. The molecule has 5 aliphatic carbocycles. The molecule has 5 fully saturated rings. The Morgan fingerprint density at radius 3 is 1.94 bits per heavy atom. The predicted octanol–water partition coefficient (Wildman–Crippen LogP) is 3.63. The Morgan fingerprint density at radius 2 is 1.39 bits per heavy atom. The van der Waals surface area contributed by atoms with Crippen LogP contribution in [0.1, 0.15) is 57.8 Å². The van der Waals surface area contributed by atoms with Crippen LogP contribution >= 0.6 is 0 Å². The Hall–Kier alpha value is -2.57. The van der Waals surface area contributed by atoms with Crippen LogP contribution in [-0.2, 0) is 9.59 Å². The average molecular weight is 425 g/mol. The van der Waals surface area contributed by atoms with Crippen molar-refractivity contribution in [1.82, 2.24) is 10.6 Å². The molecule has 7 heteroatoms. The van der Waals surface area contributed by atoms with Gasteiger partial charge in [-0.05, 0) is 93.4 Å². The van der Waals surface area contributed by atoms with Gasteiger partial charge in [-0.1, -0.05) is 0 Å². The van der Waals surface area contributed by atoms with Crippen LogP contribution in [0.4, 0.5) is 16.2 Å². The quantitative estimate of drug-likeness (QED) is 0.538. The average Bonchev–Trinajstić information content (AvgIpc) is 3.52. The van der Waals surface area contributed by atoms with Crippen molar-refractivity contribution in [3.05, 3.63) is 24.3 Å². The predicted molar refractivity (Wildman–Crippen MR) is 118 cm³/mol.